The zero-order valence-electron chi connectivity index (χ0n) is 16.7. The Kier molecular flexibility index (Phi) is 4.99. The lowest BCUT2D eigenvalue weighted by Crippen LogP contribution is -2.01. The van der Waals surface area contributed by atoms with Crippen molar-refractivity contribution in [3.05, 3.63) is 89.1 Å². The molecule has 0 aliphatic rings. The number of imidazole rings is 1. The van der Waals surface area contributed by atoms with Crippen LogP contribution in [0.3, 0.4) is 0 Å². The number of fused-ring (bicyclic) bond motifs is 1. The Morgan fingerprint density at radius 3 is 2.66 bits per heavy atom. The summed E-state index contributed by atoms with van der Waals surface area (Å²) in [5.41, 5.74) is 6.37. The molecule has 0 aliphatic heterocycles. The maximum Gasteiger partial charge on any atom is 0.331 e. The van der Waals surface area contributed by atoms with Crippen molar-refractivity contribution in [2.24, 2.45) is 0 Å². The SMILES string of the molecule is Cc1nn(-c2ccccc2)c(C)c1/C=C/C(=O)OCc1cn2cccc(C)c2n1. The van der Waals surface area contributed by atoms with Crippen molar-refractivity contribution in [3.8, 4) is 5.69 Å². The molecule has 0 aliphatic carbocycles. The maximum absolute atomic E-state index is 12.2. The molecule has 0 saturated carbocycles. The summed E-state index contributed by atoms with van der Waals surface area (Å²) >= 11 is 0. The minimum Gasteiger partial charge on any atom is -0.456 e. The average Bonchev–Trinajstić information content (AvgIpc) is 3.27. The minimum atomic E-state index is -0.412. The number of carbonyl (C=O) groups excluding carboxylic acids is 1. The molecule has 3 heterocycles. The Morgan fingerprint density at radius 2 is 1.90 bits per heavy atom. The van der Waals surface area contributed by atoms with Crippen molar-refractivity contribution in [2.75, 3.05) is 0 Å². The van der Waals surface area contributed by atoms with E-state index in [0.717, 1.165) is 33.8 Å². The Morgan fingerprint density at radius 1 is 1.10 bits per heavy atom. The van der Waals surface area contributed by atoms with Gasteiger partial charge in [0.15, 0.2) is 0 Å². The van der Waals surface area contributed by atoms with Crippen LogP contribution in [0, 0.1) is 20.8 Å². The van der Waals surface area contributed by atoms with Gasteiger partial charge in [0.05, 0.1) is 17.1 Å². The maximum atomic E-state index is 12.2. The van der Waals surface area contributed by atoms with Crippen LogP contribution >= 0.6 is 0 Å². The molecule has 0 atom stereocenters. The number of para-hydroxylation sites is 1. The smallest absolute Gasteiger partial charge is 0.331 e. The topological polar surface area (TPSA) is 61.4 Å². The van der Waals surface area contributed by atoms with E-state index in [9.17, 15) is 4.79 Å². The van der Waals surface area contributed by atoms with E-state index in [1.54, 1.807) is 6.08 Å². The van der Waals surface area contributed by atoms with Gasteiger partial charge < -0.3 is 9.14 Å². The second-order valence-corrected chi connectivity index (χ2v) is 6.93. The summed E-state index contributed by atoms with van der Waals surface area (Å²) in [4.78, 5) is 16.7. The zero-order valence-corrected chi connectivity index (χ0v) is 16.7. The van der Waals surface area contributed by atoms with Gasteiger partial charge in [0.1, 0.15) is 12.3 Å². The molecule has 0 spiro atoms. The van der Waals surface area contributed by atoms with Crippen LogP contribution in [0.4, 0.5) is 0 Å². The summed E-state index contributed by atoms with van der Waals surface area (Å²) in [6.45, 7) is 6.04. The highest BCUT2D eigenvalue weighted by molar-refractivity contribution is 5.87. The third-order valence-corrected chi connectivity index (χ3v) is 4.82. The van der Waals surface area contributed by atoms with Gasteiger partial charge in [-0.3, -0.25) is 0 Å². The molecule has 0 fully saturated rings. The number of hydrogen-bond donors (Lipinski definition) is 0. The molecule has 1 aromatic carbocycles. The fourth-order valence-electron chi connectivity index (χ4n) is 3.34. The first-order valence-corrected chi connectivity index (χ1v) is 9.42. The molecule has 0 unspecified atom stereocenters. The third-order valence-electron chi connectivity index (χ3n) is 4.82. The number of pyridine rings is 1. The minimum absolute atomic E-state index is 0.130. The predicted molar refractivity (Wildman–Crippen MR) is 112 cm³/mol. The number of nitrogens with zero attached hydrogens (tertiary/aromatic N) is 4. The first kappa shape index (κ1) is 18.7. The number of aromatic nitrogens is 4. The predicted octanol–water partition coefficient (Wildman–Crippen LogP) is 4.20. The lowest BCUT2D eigenvalue weighted by molar-refractivity contribution is -0.139. The summed E-state index contributed by atoms with van der Waals surface area (Å²) in [5, 5.41) is 4.59. The average molecular weight is 386 g/mol. The van der Waals surface area contributed by atoms with Crippen LogP contribution < -0.4 is 0 Å². The normalized spacial score (nSPS) is 11.4. The van der Waals surface area contributed by atoms with Gasteiger partial charge in [-0.2, -0.15) is 5.10 Å². The van der Waals surface area contributed by atoms with Crippen molar-refractivity contribution in [2.45, 2.75) is 27.4 Å². The van der Waals surface area contributed by atoms with Gasteiger partial charge in [-0.05, 0) is 50.6 Å². The number of carbonyl (C=O) groups is 1. The molecule has 146 valence electrons. The van der Waals surface area contributed by atoms with Gasteiger partial charge in [0.25, 0.3) is 0 Å². The number of rotatable bonds is 5. The molecule has 6 heteroatoms. The molecular formula is C23H22N4O2. The van der Waals surface area contributed by atoms with Gasteiger partial charge in [-0.1, -0.05) is 24.3 Å². The van der Waals surface area contributed by atoms with Crippen molar-refractivity contribution in [1.82, 2.24) is 19.2 Å². The first-order valence-electron chi connectivity index (χ1n) is 9.42. The molecule has 0 bridgehead atoms. The van der Waals surface area contributed by atoms with Crippen LogP contribution in [0.1, 0.15) is 28.2 Å². The highest BCUT2D eigenvalue weighted by Crippen LogP contribution is 2.19. The number of esters is 1. The van der Waals surface area contributed by atoms with Crippen LogP contribution in [0.25, 0.3) is 17.4 Å². The van der Waals surface area contributed by atoms with E-state index in [4.69, 9.17) is 4.74 Å². The molecule has 6 nitrogen and oxygen atoms in total. The van der Waals surface area contributed by atoms with Gasteiger partial charge in [-0.15, -0.1) is 0 Å². The number of ether oxygens (including phenoxy) is 1. The van der Waals surface area contributed by atoms with Crippen LogP contribution in [-0.4, -0.2) is 25.1 Å². The standard InChI is InChI=1S/C23H22N4O2/c1-16-8-7-13-26-14-19(24-23(16)26)15-29-22(28)12-11-21-17(2)25-27(18(21)3)20-9-5-4-6-10-20/h4-14H,15H2,1-3H3/b12-11+. The van der Waals surface area contributed by atoms with Crippen LogP contribution in [0.15, 0.2) is 60.9 Å². The Bertz CT molecular complexity index is 1200. The van der Waals surface area contributed by atoms with Gasteiger partial charge in [0.2, 0.25) is 0 Å². The third kappa shape index (κ3) is 3.82. The summed E-state index contributed by atoms with van der Waals surface area (Å²) in [6, 6.07) is 13.9. The Labute approximate surface area is 169 Å². The van der Waals surface area contributed by atoms with Gasteiger partial charge in [0, 0.05) is 29.7 Å². The summed E-state index contributed by atoms with van der Waals surface area (Å²) in [6.07, 6.45) is 6.99. The quantitative estimate of drug-likeness (QED) is 0.381. The summed E-state index contributed by atoms with van der Waals surface area (Å²) in [5.74, 6) is -0.412. The second kappa shape index (κ2) is 7.75. The lowest BCUT2D eigenvalue weighted by atomic mass is 10.2. The fourth-order valence-corrected chi connectivity index (χ4v) is 3.34. The lowest BCUT2D eigenvalue weighted by Gasteiger charge is -2.03. The van der Waals surface area contributed by atoms with E-state index in [1.165, 1.54) is 6.08 Å². The summed E-state index contributed by atoms with van der Waals surface area (Å²) < 4.78 is 9.17. The van der Waals surface area contributed by atoms with Crippen LogP contribution in [0.5, 0.6) is 0 Å². The molecular weight excluding hydrogens is 364 g/mol. The highest BCUT2D eigenvalue weighted by Gasteiger charge is 2.11. The molecule has 0 radical (unpaired) electrons. The van der Waals surface area contributed by atoms with E-state index in [2.05, 4.69) is 10.1 Å². The number of benzene rings is 1. The van der Waals surface area contributed by atoms with Crippen molar-refractivity contribution in [3.63, 3.8) is 0 Å². The van der Waals surface area contributed by atoms with Crippen molar-refractivity contribution < 1.29 is 9.53 Å². The summed E-state index contributed by atoms with van der Waals surface area (Å²) in [7, 11) is 0. The molecule has 0 saturated heterocycles. The van der Waals surface area contributed by atoms with Gasteiger partial charge in [-0.25, -0.2) is 14.5 Å². The van der Waals surface area contributed by atoms with E-state index in [0.29, 0.717) is 5.69 Å². The van der Waals surface area contributed by atoms with Crippen molar-refractivity contribution in [1.29, 1.82) is 0 Å². The van der Waals surface area contributed by atoms with E-state index >= 15 is 0 Å². The molecule has 29 heavy (non-hydrogen) atoms. The first-order chi connectivity index (χ1) is 14.0. The van der Waals surface area contributed by atoms with E-state index < -0.39 is 5.97 Å². The molecule has 0 amide bonds. The van der Waals surface area contributed by atoms with Crippen LogP contribution in [-0.2, 0) is 16.1 Å². The second-order valence-electron chi connectivity index (χ2n) is 6.93. The highest BCUT2D eigenvalue weighted by atomic mass is 16.5. The molecule has 4 rings (SSSR count). The fraction of sp³-hybridized carbons (Fsp3) is 0.174. The molecule has 3 aromatic heterocycles. The van der Waals surface area contributed by atoms with E-state index in [1.807, 2.05) is 84.7 Å². The molecule has 0 N–H and O–H groups in total. The van der Waals surface area contributed by atoms with Crippen LogP contribution in [0.2, 0.25) is 0 Å². The van der Waals surface area contributed by atoms with E-state index in [-0.39, 0.29) is 6.61 Å². The van der Waals surface area contributed by atoms with Crippen molar-refractivity contribution >= 4 is 17.7 Å². The monoisotopic (exact) mass is 386 g/mol. The largest absolute Gasteiger partial charge is 0.456 e. The molecule has 4 aromatic rings. The van der Waals surface area contributed by atoms with Gasteiger partial charge >= 0.3 is 5.97 Å². The zero-order chi connectivity index (χ0) is 20.4. The number of hydrogen-bond acceptors (Lipinski definition) is 4. The Balaban J connectivity index is 1.45. The Hall–Kier alpha value is -3.67. The number of aryl methyl sites for hydroxylation is 2.